The molecule has 1 atom stereocenters. The highest BCUT2D eigenvalue weighted by atomic mass is 16.2. The fourth-order valence-corrected chi connectivity index (χ4v) is 3.02. The van der Waals surface area contributed by atoms with Gasteiger partial charge in [0, 0.05) is 6.04 Å². The summed E-state index contributed by atoms with van der Waals surface area (Å²) in [7, 11) is 0. The largest absolute Gasteiger partial charge is 0.343 e. The zero-order chi connectivity index (χ0) is 13.3. The maximum atomic E-state index is 12.3. The van der Waals surface area contributed by atoms with Gasteiger partial charge in [-0.05, 0) is 37.5 Å². The van der Waals surface area contributed by atoms with Crippen LogP contribution in [0.3, 0.4) is 0 Å². The molecule has 0 radical (unpaired) electrons. The van der Waals surface area contributed by atoms with Crippen LogP contribution < -0.4 is 5.32 Å². The first-order valence-corrected chi connectivity index (χ1v) is 7.03. The number of rotatable bonds is 2. The molecule has 4 nitrogen and oxygen atoms in total. The highest BCUT2D eigenvalue weighted by Gasteiger charge is 2.38. The Labute approximate surface area is 109 Å². The molecule has 0 aromatic rings. The van der Waals surface area contributed by atoms with Gasteiger partial charge in [0.2, 0.25) is 11.8 Å². The topological polar surface area (TPSA) is 49.4 Å². The van der Waals surface area contributed by atoms with Crippen LogP contribution in [0.1, 0.15) is 52.9 Å². The zero-order valence-electron chi connectivity index (χ0n) is 11.7. The molecule has 4 heteroatoms. The van der Waals surface area contributed by atoms with E-state index in [1.165, 1.54) is 0 Å². The van der Waals surface area contributed by atoms with Crippen molar-refractivity contribution in [3.63, 3.8) is 0 Å². The van der Waals surface area contributed by atoms with Crippen LogP contribution in [-0.4, -0.2) is 35.3 Å². The summed E-state index contributed by atoms with van der Waals surface area (Å²) in [5, 5.41) is 2.77. The Morgan fingerprint density at radius 3 is 2.44 bits per heavy atom. The lowest BCUT2D eigenvalue weighted by Crippen LogP contribution is -2.60. The number of piperazine rings is 1. The van der Waals surface area contributed by atoms with Crippen molar-refractivity contribution in [1.29, 1.82) is 0 Å². The van der Waals surface area contributed by atoms with Crippen LogP contribution in [-0.2, 0) is 9.59 Å². The lowest BCUT2D eigenvalue weighted by atomic mass is 9.75. The fraction of sp³-hybridized carbons (Fsp3) is 0.857. The van der Waals surface area contributed by atoms with Crippen molar-refractivity contribution >= 4 is 11.8 Å². The average Bonchev–Trinajstić information content (AvgIpc) is 2.32. The summed E-state index contributed by atoms with van der Waals surface area (Å²) in [6.45, 7) is 6.75. The third-order valence-electron chi connectivity index (χ3n) is 4.39. The normalized spacial score (nSPS) is 29.3. The van der Waals surface area contributed by atoms with Crippen molar-refractivity contribution in [2.45, 2.75) is 65.0 Å². The lowest BCUT2D eigenvalue weighted by molar-refractivity contribution is -0.147. The Hall–Kier alpha value is -1.06. The van der Waals surface area contributed by atoms with Crippen molar-refractivity contribution in [3.8, 4) is 0 Å². The van der Waals surface area contributed by atoms with Crippen LogP contribution in [0, 0.1) is 5.41 Å². The summed E-state index contributed by atoms with van der Waals surface area (Å²) in [6.07, 6.45) is 5.02. The van der Waals surface area contributed by atoms with Crippen LogP contribution in [0.4, 0.5) is 0 Å². The second kappa shape index (κ2) is 4.90. The van der Waals surface area contributed by atoms with Crippen molar-refractivity contribution in [2.75, 3.05) is 6.54 Å². The van der Waals surface area contributed by atoms with Gasteiger partial charge in [-0.2, -0.15) is 0 Å². The van der Waals surface area contributed by atoms with Gasteiger partial charge in [-0.15, -0.1) is 0 Å². The van der Waals surface area contributed by atoms with Crippen LogP contribution in [0.5, 0.6) is 0 Å². The van der Waals surface area contributed by atoms with Gasteiger partial charge in [0.05, 0.1) is 6.54 Å². The predicted molar refractivity (Wildman–Crippen MR) is 70.0 cm³/mol. The Kier molecular flexibility index (Phi) is 3.64. The van der Waals surface area contributed by atoms with Crippen molar-refractivity contribution in [3.05, 3.63) is 0 Å². The molecule has 2 fully saturated rings. The summed E-state index contributed by atoms with van der Waals surface area (Å²) in [5.74, 6) is 0.105. The minimum Gasteiger partial charge on any atom is -0.343 e. The van der Waals surface area contributed by atoms with Crippen molar-refractivity contribution in [2.24, 2.45) is 5.41 Å². The van der Waals surface area contributed by atoms with Crippen LogP contribution in [0.25, 0.3) is 0 Å². The van der Waals surface area contributed by atoms with Crippen LogP contribution in [0.15, 0.2) is 0 Å². The highest BCUT2D eigenvalue weighted by Crippen LogP contribution is 2.37. The second-order valence-corrected chi connectivity index (χ2v) is 6.39. The second-order valence-electron chi connectivity index (χ2n) is 6.39. The van der Waals surface area contributed by atoms with Gasteiger partial charge in [0.1, 0.15) is 6.04 Å². The summed E-state index contributed by atoms with van der Waals surface area (Å²) < 4.78 is 0. The molecule has 1 aliphatic heterocycles. The summed E-state index contributed by atoms with van der Waals surface area (Å²) in [5.41, 5.74) is 0.391. The standard InChI is InChI=1S/C14H24N2O2/c1-4-11-13(18)16(9-12(17)15-11)10-5-7-14(2,3)8-6-10/h10-11H,4-9H2,1-3H3,(H,15,17). The summed E-state index contributed by atoms with van der Waals surface area (Å²) in [6, 6.07) is -0.0354. The van der Waals surface area contributed by atoms with E-state index >= 15 is 0 Å². The molecule has 0 aromatic heterocycles. The molecule has 0 spiro atoms. The molecule has 18 heavy (non-hydrogen) atoms. The number of nitrogens with one attached hydrogen (secondary N) is 1. The van der Waals surface area contributed by atoms with Crippen molar-refractivity contribution in [1.82, 2.24) is 10.2 Å². The molecule has 2 amide bonds. The number of hydrogen-bond donors (Lipinski definition) is 1. The van der Waals surface area contributed by atoms with Gasteiger partial charge in [0.15, 0.2) is 0 Å². The monoisotopic (exact) mass is 252 g/mol. The van der Waals surface area contributed by atoms with E-state index in [4.69, 9.17) is 0 Å². The van der Waals surface area contributed by atoms with E-state index in [0.717, 1.165) is 25.7 Å². The molecule has 1 aliphatic carbocycles. The maximum Gasteiger partial charge on any atom is 0.245 e. The third kappa shape index (κ3) is 2.68. The van der Waals surface area contributed by atoms with Gasteiger partial charge in [-0.25, -0.2) is 0 Å². The molecule has 2 rings (SSSR count). The fourth-order valence-electron chi connectivity index (χ4n) is 3.02. The highest BCUT2D eigenvalue weighted by molar-refractivity contribution is 5.94. The van der Waals surface area contributed by atoms with E-state index in [1.807, 2.05) is 11.8 Å². The first-order valence-electron chi connectivity index (χ1n) is 7.03. The number of carbonyl (C=O) groups is 2. The van der Waals surface area contributed by atoms with E-state index in [1.54, 1.807) is 0 Å². The molecule has 1 saturated carbocycles. The van der Waals surface area contributed by atoms with E-state index < -0.39 is 0 Å². The maximum absolute atomic E-state index is 12.3. The van der Waals surface area contributed by atoms with Gasteiger partial charge in [0.25, 0.3) is 0 Å². The first kappa shape index (κ1) is 13.4. The molecule has 1 unspecified atom stereocenters. The molecule has 1 heterocycles. The van der Waals surface area contributed by atoms with Gasteiger partial charge in [-0.3, -0.25) is 9.59 Å². The molecule has 0 aromatic carbocycles. The van der Waals surface area contributed by atoms with E-state index in [9.17, 15) is 9.59 Å². The van der Waals surface area contributed by atoms with Gasteiger partial charge >= 0.3 is 0 Å². The number of hydrogen-bond acceptors (Lipinski definition) is 2. The summed E-state index contributed by atoms with van der Waals surface area (Å²) in [4.78, 5) is 25.7. The zero-order valence-corrected chi connectivity index (χ0v) is 11.7. The molecule has 0 bridgehead atoms. The Morgan fingerprint density at radius 1 is 1.28 bits per heavy atom. The minimum atomic E-state index is -0.304. The summed E-state index contributed by atoms with van der Waals surface area (Å²) >= 11 is 0. The number of nitrogens with zero attached hydrogens (tertiary/aromatic N) is 1. The third-order valence-corrected chi connectivity index (χ3v) is 4.39. The van der Waals surface area contributed by atoms with Crippen LogP contribution in [0.2, 0.25) is 0 Å². The van der Waals surface area contributed by atoms with Gasteiger partial charge in [-0.1, -0.05) is 20.8 Å². The van der Waals surface area contributed by atoms with Crippen molar-refractivity contribution < 1.29 is 9.59 Å². The minimum absolute atomic E-state index is 0.00807. The lowest BCUT2D eigenvalue weighted by Gasteiger charge is -2.43. The Morgan fingerprint density at radius 2 is 1.89 bits per heavy atom. The smallest absolute Gasteiger partial charge is 0.245 e. The quantitative estimate of drug-likeness (QED) is 0.813. The SMILES string of the molecule is CCC1NC(=O)CN(C2CCC(C)(C)CC2)C1=O. The molecule has 102 valence electrons. The predicted octanol–water partition coefficient (Wildman–Crippen LogP) is 1.69. The molecule has 2 aliphatic rings. The molecule has 1 N–H and O–H groups in total. The number of amides is 2. The Bertz CT molecular complexity index is 342. The van der Waals surface area contributed by atoms with E-state index in [-0.39, 0.29) is 30.4 Å². The van der Waals surface area contributed by atoms with Gasteiger partial charge < -0.3 is 10.2 Å². The molecular formula is C14H24N2O2. The van der Waals surface area contributed by atoms with E-state index in [2.05, 4.69) is 19.2 Å². The number of carbonyl (C=O) groups excluding carboxylic acids is 2. The Balaban J connectivity index is 2.03. The van der Waals surface area contributed by atoms with Crippen LogP contribution >= 0.6 is 0 Å². The molecular weight excluding hydrogens is 228 g/mol. The van der Waals surface area contributed by atoms with E-state index in [0.29, 0.717) is 11.8 Å². The average molecular weight is 252 g/mol. The molecule has 1 saturated heterocycles. The first-order chi connectivity index (χ1) is 8.43.